The van der Waals surface area contributed by atoms with Crippen LogP contribution in [0, 0.1) is 0 Å². The van der Waals surface area contributed by atoms with Crippen molar-refractivity contribution in [3.63, 3.8) is 0 Å². The van der Waals surface area contributed by atoms with Gasteiger partial charge >= 0.3 is 0 Å². The highest BCUT2D eigenvalue weighted by Crippen LogP contribution is 2.27. The van der Waals surface area contributed by atoms with Gasteiger partial charge in [-0.25, -0.2) is 0 Å². The van der Waals surface area contributed by atoms with Crippen molar-refractivity contribution in [1.82, 2.24) is 10.2 Å². The SMILES string of the molecule is CC[C@@H](C)NC(=O)[C@H](CC)N(Cc1c(Cl)cccc1Cl)C(=O)Cc1ccccc1. The van der Waals surface area contributed by atoms with Crippen LogP contribution in [0.3, 0.4) is 0 Å². The van der Waals surface area contributed by atoms with Gasteiger partial charge in [0.05, 0.1) is 6.42 Å². The molecule has 0 aliphatic heterocycles. The average molecular weight is 435 g/mol. The lowest BCUT2D eigenvalue weighted by Crippen LogP contribution is -2.51. The standard InChI is InChI=1S/C23H28Cl2N2O2/c1-4-16(3)26-23(29)21(5-2)27(15-18-19(24)12-9-13-20(18)25)22(28)14-17-10-7-6-8-11-17/h6-13,16,21H,4-5,14-15H2,1-3H3,(H,26,29)/t16-,21+/m1/s1. The van der Waals surface area contributed by atoms with Crippen LogP contribution in [0.4, 0.5) is 0 Å². The van der Waals surface area contributed by atoms with E-state index >= 15 is 0 Å². The Hall–Kier alpha value is -2.04. The summed E-state index contributed by atoms with van der Waals surface area (Å²) in [4.78, 5) is 27.8. The molecule has 0 radical (unpaired) electrons. The van der Waals surface area contributed by atoms with Gasteiger partial charge in [0, 0.05) is 28.2 Å². The van der Waals surface area contributed by atoms with Crippen LogP contribution in [-0.2, 0) is 22.6 Å². The van der Waals surface area contributed by atoms with Gasteiger partial charge in [-0.1, -0.05) is 73.4 Å². The fraction of sp³-hybridized carbons (Fsp3) is 0.391. The summed E-state index contributed by atoms with van der Waals surface area (Å²) >= 11 is 12.7. The third-order valence-electron chi connectivity index (χ3n) is 4.98. The Morgan fingerprint density at radius 3 is 2.14 bits per heavy atom. The van der Waals surface area contributed by atoms with E-state index in [1.165, 1.54) is 0 Å². The van der Waals surface area contributed by atoms with Crippen molar-refractivity contribution in [2.24, 2.45) is 0 Å². The molecular weight excluding hydrogens is 407 g/mol. The van der Waals surface area contributed by atoms with Crippen molar-refractivity contribution >= 4 is 35.0 Å². The van der Waals surface area contributed by atoms with E-state index in [2.05, 4.69) is 5.32 Å². The zero-order valence-corrected chi connectivity index (χ0v) is 18.6. The molecular formula is C23H28Cl2N2O2. The lowest BCUT2D eigenvalue weighted by atomic mass is 10.1. The molecule has 0 spiro atoms. The first-order chi connectivity index (χ1) is 13.9. The Bertz CT molecular complexity index is 807. The molecule has 0 saturated heterocycles. The Kier molecular flexibility index (Phi) is 8.99. The molecule has 2 amide bonds. The number of benzene rings is 2. The minimum atomic E-state index is -0.604. The van der Waals surface area contributed by atoms with Crippen LogP contribution in [0.2, 0.25) is 10.0 Å². The Labute approximate surface area is 183 Å². The molecule has 2 aromatic rings. The van der Waals surface area contributed by atoms with Crippen molar-refractivity contribution in [3.05, 3.63) is 69.7 Å². The molecule has 2 atom stereocenters. The van der Waals surface area contributed by atoms with E-state index in [0.717, 1.165) is 12.0 Å². The number of nitrogens with zero attached hydrogens (tertiary/aromatic N) is 1. The zero-order valence-electron chi connectivity index (χ0n) is 17.1. The number of rotatable bonds is 9. The van der Waals surface area contributed by atoms with Crippen molar-refractivity contribution in [1.29, 1.82) is 0 Å². The molecule has 0 fully saturated rings. The van der Waals surface area contributed by atoms with Gasteiger partial charge in [0.2, 0.25) is 11.8 Å². The van der Waals surface area contributed by atoms with Crippen molar-refractivity contribution in [2.45, 2.75) is 58.7 Å². The number of hydrogen-bond acceptors (Lipinski definition) is 2. The maximum atomic E-state index is 13.3. The summed E-state index contributed by atoms with van der Waals surface area (Å²) in [5.41, 5.74) is 1.54. The maximum absolute atomic E-state index is 13.3. The van der Waals surface area contributed by atoms with E-state index in [9.17, 15) is 9.59 Å². The summed E-state index contributed by atoms with van der Waals surface area (Å²) in [5.74, 6) is -0.301. The summed E-state index contributed by atoms with van der Waals surface area (Å²) in [5, 5.41) is 3.95. The predicted molar refractivity (Wildman–Crippen MR) is 119 cm³/mol. The summed E-state index contributed by atoms with van der Waals surface area (Å²) in [6, 6.07) is 14.2. The molecule has 156 valence electrons. The molecule has 2 rings (SSSR count). The first kappa shape index (κ1) is 23.2. The van der Waals surface area contributed by atoms with Gasteiger partial charge in [-0.2, -0.15) is 0 Å². The van der Waals surface area contributed by atoms with Gasteiger partial charge in [0.15, 0.2) is 0 Å². The van der Waals surface area contributed by atoms with E-state index in [4.69, 9.17) is 23.2 Å². The van der Waals surface area contributed by atoms with Gasteiger partial charge in [-0.15, -0.1) is 0 Å². The number of hydrogen-bond donors (Lipinski definition) is 1. The molecule has 4 nitrogen and oxygen atoms in total. The van der Waals surface area contributed by atoms with Crippen LogP contribution in [0.15, 0.2) is 48.5 Å². The largest absolute Gasteiger partial charge is 0.352 e. The molecule has 6 heteroatoms. The third-order valence-corrected chi connectivity index (χ3v) is 5.68. The van der Waals surface area contributed by atoms with Gasteiger partial charge in [0.25, 0.3) is 0 Å². The fourth-order valence-electron chi connectivity index (χ4n) is 3.09. The highest BCUT2D eigenvalue weighted by molar-refractivity contribution is 6.36. The summed E-state index contributed by atoms with van der Waals surface area (Å²) in [6.07, 6.45) is 1.51. The van der Waals surface area contributed by atoms with E-state index < -0.39 is 6.04 Å². The molecule has 1 N–H and O–H groups in total. The minimum Gasteiger partial charge on any atom is -0.352 e. The molecule has 0 saturated carbocycles. The fourth-order valence-corrected chi connectivity index (χ4v) is 3.60. The van der Waals surface area contributed by atoms with Crippen LogP contribution >= 0.6 is 23.2 Å². The summed E-state index contributed by atoms with van der Waals surface area (Å²) in [7, 11) is 0. The van der Waals surface area contributed by atoms with E-state index in [-0.39, 0.29) is 30.8 Å². The first-order valence-electron chi connectivity index (χ1n) is 9.94. The monoisotopic (exact) mass is 434 g/mol. The lowest BCUT2D eigenvalue weighted by molar-refractivity contribution is -0.141. The van der Waals surface area contributed by atoms with E-state index in [1.54, 1.807) is 23.1 Å². The smallest absolute Gasteiger partial charge is 0.243 e. The molecule has 29 heavy (non-hydrogen) atoms. The zero-order chi connectivity index (χ0) is 21.4. The predicted octanol–water partition coefficient (Wildman–Crippen LogP) is 5.26. The molecule has 0 bridgehead atoms. The molecule has 0 unspecified atom stereocenters. The van der Waals surface area contributed by atoms with Crippen molar-refractivity contribution in [3.8, 4) is 0 Å². The Morgan fingerprint density at radius 2 is 1.59 bits per heavy atom. The second-order valence-corrected chi connectivity index (χ2v) is 7.94. The van der Waals surface area contributed by atoms with Crippen molar-refractivity contribution in [2.75, 3.05) is 0 Å². The summed E-state index contributed by atoms with van der Waals surface area (Å²) in [6.45, 7) is 6.04. The highest BCUT2D eigenvalue weighted by atomic mass is 35.5. The average Bonchev–Trinajstić information content (AvgIpc) is 2.70. The maximum Gasteiger partial charge on any atom is 0.243 e. The molecule has 0 heterocycles. The number of carbonyl (C=O) groups excluding carboxylic acids is 2. The second-order valence-electron chi connectivity index (χ2n) is 7.13. The van der Waals surface area contributed by atoms with Crippen LogP contribution in [0.1, 0.15) is 44.7 Å². The van der Waals surface area contributed by atoms with Gasteiger partial charge < -0.3 is 10.2 Å². The van der Waals surface area contributed by atoms with E-state index in [1.807, 2.05) is 51.1 Å². The number of amides is 2. The normalized spacial score (nSPS) is 12.9. The highest BCUT2D eigenvalue weighted by Gasteiger charge is 2.30. The van der Waals surface area contributed by atoms with Crippen LogP contribution in [-0.4, -0.2) is 28.8 Å². The first-order valence-corrected chi connectivity index (χ1v) is 10.7. The quantitative estimate of drug-likeness (QED) is 0.584. The number of halogens is 2. The summed E-state index contributed by atoms with van der Waals surface area (Å²) < 4.78 is 0. The number of nitrogens with one attached hydrogen (secondary N) is 1. The van der Waals surface area contributed by atoms with Crippen molar-refractivity contribution < 1.29 is 9.59 Å². The second kappa shape index (κ2) is 11.2. The molecule has 2 aromatic carbocycles. The van der Waals surface area contributed by atoms with Crippen LogP contribution in [0.25, 0.3) is 0 Å². The lowest BCUT2D eigenvalue weighted by Gasteiger charge is -2.32. The van der Waals surface area contributed by atoms with Gasteiger partial charge in [0.1, 0.15) is 6.04 Å². The number of carbonyl (C=O) groups is 2. The molecule has 0 aromatic heterocycles. The molecule has 0 aliphatic carbocycles. The Morgan fingerprint density at radius 1 is 0.966 bits per heavy atom. The Balaban J connectivity index is 2.35. The van der Waals surface area contributed by atoms with Crippen LogP contribution in [0.5, 0.6) is 0 Å². The minimum absolute atomic E-state index is 0.0338. The molecule has 0 aliphatic rings. The third kappa shape index (κ3) is 6.48. The van der Waals surface area contributed by atoms with Gasteiger partial charge in [-0.3, -0.25) is 9.59 Å². The van der Waals surface area contributed by atoms with Gasteiger partial charge in [-0.05, 0) is 37.5 Å². The topological polar surface area (TPSA) is 49.4 Å². The van der Waals surface area contributed by atoms with Crippen LogP contribution < -0.4 is 5.32 Å². The van der Waals surface area contributed by atoms with E-state index in [0.29, 0.717) is 22.0 Å².